The summed E-state index contributed by atoms with van der Waals surface area (Å²) in [6, 6.07) is 3.59. The maximum absolute atomic E-state index is 5.56. The first-order valence-corrected chi connectivity index (χ1v) is 5.91. The fourth-order valence-electron chi connectivity index (χ4n) is 1.54. The summed E-state index contributed by atoms with van der Waals surface area (Å²) in [4.78, 5) is 0. The topological polar surface area (TPSA) is 82.3 Å². The smallest absolute Gasteiger partial charge is 0.233 e. The highest BCUT2D eigenvalue weighted by atomic mass is 16.5. The Labute approximate surface area is 108 Å². The summed E-state index contributed by atoms with van der Waals surface area (Å²) in [5.41, 5.74) is 3.38. The summed E-state index contributed by atoms with van der Waals surface area (Å²) >= 11 is 0. The molecule has 102 valence electrons. The Kier molecular flexibility index (Phi) is 5.46. The molecule has 1 aromatic heterocycles. The van der Waals surface area contributed by atoms with Crippen LogP contribution in [-0.4, -0.2) is 30.0 Å². The minimum atomic E-state index is -0.172. The number of hydrogen-bond acceptors (Lipinski definition) is 6. The van der Waals surface area contributed by atoms with Crippen LogP contribution in [0.2, 0.25) is 0 Å². The zero-order valence-electron chi connectivity index (χ0n) is 11.4. The van der Waals surface area contributed by atoms with E-state index in [0.29, 0.717) is 5.88 Å². The van der Waals surface area contributed by atoms with Gasteiger partial charge in [-0.25, -0.2) is 0 Å². The van der Waals surface area contributed by atoms with Crippen LogP contribution in [0.4, 0.5) is 0 Å². The molecule has 1 aromatic rings. The molecule has 0 radical (unpaired) electrons. The van der Waals surface area contributed by atoms with Gasteiger partial charge in [-0.3, -0.25) is 11.3 Å². The first-order chi connectivity index (χ1) is 8.52. The van der Waals surface area contributed by atoms with Gasteiger partial charge in [0.05, 0.1) is 24.4 Å². The average Bonchev–Trinajstić information content (AvgIpc) is 2.40. The maximum atomic E-state index is 5.56. The van der Waals surface area contributed by atoms with Crippen LogP contribution in [0.3, 0.4) is 0 Å². The highest BCUT2D eigenvalue weighted by Gasteiger charge is 2.20. The third-order valence-electron chi connectivity index (χ3n) is 3.02. The summed E-state index contributed by atoms with van der Waals surface area (Å²) in [5, 5.41) is 8.02. The molecule has 0 saturated carbocycles. The highest BCUT2D eigenvalue weighted by molar-refractivity contribution is 5.14. The van der Waals surface area contributed by atoms with Gasteiger partial charge < -0.3 is 9.47 Å². The summed E-state index contributed by atoms with van der Waals surface area (Å²) in [6.07, 6.45) is 1.68. The van der Waals surface area contributed by atoms with Crippen LogP contribution in [0.1, 0.15) is 38.4 Å². The van der Waals surface area contributed by atoms with Crippen LogP contribution in [-0.2, 0) is 4.74 Å². The van der Waals surface area contributed by atoms with Gasteiger partial charge in [-0.15, -0.1) is 5.10 Å². The van der Waals surface area contributed by atoms with E-state index in [2.05, 4.69) is 15.6 Å². The first-order valence-electron chi connectivity index (χ1n) is 5.91. The first kappa shape index (κ1) is 14.8. The van der Waals surface area contributed by atoms with Crippen molar-refractivity contribution in [3.05, 3.63) is 17.8 Å². The standard InChI is InChI=1S/C12H22N4O2/c1-12(2,18-4)8-7-9(14-13)10-5-6-11(17-3)16-15-10/h5-6,9,14H,7-8,13H2,1-4H3. The van der Waals surface area contributed by atoms with Crippen molar-refractivity contribution in [1.29, 1.82) is 0 Å². The van der Waals surface area contributed by atoms with E-state index >= 15 is 0 Å². The Bertz CT molecular complexity index is 354. The number of hydrogen-bond donors (Lipinski definition) is 2. The number of rotatable bonds is 7. The zero-order chi connectivity index (χ0) is 13.6. The molecular weight excluding hydrogens is 232 g/mol. The molecule has 0 bridgehead atoms. The third kappa shape index (κ3) is 4.21. The molecule has 0 aliphatic carbocycles. The fraction of sp³-hybridized carbons (Fsp3) is 0.667. The van der Waals surface area contributed by atoms with Crippen molar-refractivity contribution in [2.24, 2.45) is 5.84 Å². The lowest BCUT2D eigenvalue weighted by Gasteiger charge is -2.25. The molecule has 0 saturated heterocycles. The van der Waals surface area contributed by atoms with Crippen molar-refractivity contribution in [3.63, 3.8) is 0 Å². The minimum Gasteiger partial charge on any atom is -0.480 e. The molecule has 1 rings (SSSR count). The van der Waals surface area contributed by atoms with E-state index in [9.17, 15) is 0 Å². The normalized spacial score (nSPS) is 13.4. The van der Waals surface area contributed by atoms with E-state index in [1.165, 1.54) is 0 Å². The minimum absolute atomic E-state index is 0.0437. The molecule has 1 heterocycles. The van der Waals surface area contributed by atoms with Crippen LogP contribution in [0, 0.1) is 0 Å². The lowest BCUT2D eigenvalue weighted by molar-refractivity contribution is 0.0115. The summed E-state index contributed by atoms with van der Waals surface area (Å²) in [7, 11) is 3.27. The zero-order valence-corrected chi connectivity index (χ0v) is 11.4. The van der Waals surface area contributed by atoms with Crippen LogP contribution in [0.5, 0.6) is 5.88 Å². The molecule has 0 aromatic carbocycles. The number of hydrazine groups is 1. The molecule has 0 amide bonds. The quantitative estimate of drug-likeness (QED) is 0.562. The summed E-state index contributed by atoms with van der Waals surface area (Å²) < 4.78 is 10.3. The maximum Gasteiger partial charge on any atom is 0.233 e. The number of aromatic nitrogens is 2. The van der Waals surface area contributed by atoms with E-state index in [1.54, 1.807) is 20.3 Å². The molecule has 1 unspecified atom stereocenters. The second kappa shape index (κ2) is 6.63. The molecule has 0 aliphatic rings. The number of nitrogens with two attached hydrogens (primary N) is 1. The number of nitrogens with zero attached hydrogens (tertiary/aromatic N) is 2. The largest absolute Gasteiger partial charge is 0.480 e. The van der Waals surface area contributed by atoms with E-state index in [-0.39, 0.29) is 11.6 Å². The van der Waals surface area contributed by atoms with Crippen molar-refractivity contribution in [2.75, 3.05) is 14.2 Å². The lowest BCUT2D eigenvalue weighted by Crippen LogP contribution is -2.31. The SMILES string of the molecule is COc1ccc(C(CCC(C)(C)OC)NN)nn1. The van der Waals surface area contributed by atoms with Crippen molar-refractivity contribution in [3.8, 4) is 5.88 Å². The van der Waals surface area contributed by atoms with Crippen LogP contribution >= 0.6 is 0 Å². The fourth-order valence-corrected chi connectivity index (χ4v) is 1.54. The van der Waals surface area contributed by atoms with E-state index in [1.807, 2.05) is 19.9 Å². The van der Waals surface area contributed by atoms with Gasteiger partial charge in [-0.05, 0) is 32.8 Å². The van der Waals surface area contributed by atoms with E-state index in [4.69, 9.17) is 15.3 Å². The molecule has 0 spiro atoms. The van der Waals surface area contributed by atoms with Gasteiger partial charge in [0, 0.05) is 13.2 Å². The second-order valence-corrected chi connectivity index (χ2v) is 4.72. The van der Waals surface area contributed by atoms with Gasteiger partial charge in [0.15, 0.2) is 0 Å². The Morgan fingerprint density at radius 1 is 1.33 bits per heavy atom. The Hall–Kier alpha value is -1.24. The molecule has 3 N–H and O–H groups in total. The summed E-state index contributed by atoms with van der Waals surface area (Å²) in [5.74, 6) is 6.05. The lowest BCUT2D eigenvalue weighted by atomic mass is 9.97. The Balaban J connectivity index is 2.65. The summed E-state index contributed by atoms with van der Waals surface area (Å²) in [6.45, 7) is 4.08. The number of methoxy groups -OCH3 is 2. The molecular formula is C12H22N4O2. The third-order valence-corrected chi connectivity index (χ3v) is 3.02. The van der Waals surface area contributed by atoms with Crippen LogP contribution in [0.25, 0.3) is 0 Å². The van der Waals surface area contributed by atoms with Crippen molar-refractivity contribution in [1.82, 2.24) is 15.6 Å². The van der Waals surface area contributed by atoms with Gasteiger partial charge in [0.1, 0.15) is 0 Å². The molecule has 18 heavy (non-hydrogen) atoms. The Morgan fingerprint density at radius 3 is 2.50 bits per heavy atom. The molecule has 0 aliphatic heterocycles. The van der Waals surface area contributed by atoms with Crippen LogP contribution in [0.15, 0.2) is 12.1 Å². The molecule has 0 fully saturated rings. The predicted molar refractivity (Wildman–Crippen MR) is 69.0 cm³/mol. The number of nitrogens with one attached hydrogen (secondary N) is 1. The Morgan fingerprint density at radius 2 is 2.06 bits per heavy atom. The van der Waals surface area contributed by atoms with Crippen molar-refractivity contribution >= 4 is 0 Å². The van der Waals surface area contributed by atoms with Gasteiger partial charge in [0.2, 0.25) is 5.88 Å². The van der Waals surface area contributed by atoms with Crippen molar-refractivity contribution < 1.29 is 9.47 Å². The predicted octanol–water partition coefficient (Wildman–Crippen LogP) is 1.19. The van der Waals surface area contributed by atoms with Crippen LogP contribution < -0.4 is 16.0 Å². The average molecular weight is 254 g/mol. The monoisotopic (exact) mass is 254 g/mol. The second-order valence-electron chi connectivity index (χ2n) is 4.72. The highest BCUT2D eigenvalue weighted by Crippen LogP contribution is 2.23. The van der Waals surface area contributed by atoms with E-state index < -0.39 is 0 Å². The van der Waals surface area contributed by atoms with Gasteiger partial charge in [0.25, 0.3) is 0 Å². The van der Waals surface area contributed by atoms with Crippen molar-refractivity contribution in [2.45, 2.75) is 38.3 Å². The molecule has 6 nitrogen and oxygen atoms in total. The number of ether oxygens (including phenoxy) is 2. The molecule has 1 atom stereocenters. The van der Waals surface area contributed by atoms with Gasteiger partial charge >= 0.3 is 0 Å². The molecule has 6 heteroatoms. The van der Waals surface area contributed by atoms with Gasteiger partial charge in [-0.1, -0.05) is 0 Å². The van der Waals surface area contributed by atoms with Gasteiger partial charge in [-0.2, -0.15) is 5.10 Å². The van der Waals surface area contributed by atoms with E-state index in [0.717, 1.165) is 18.5 Å².